The summed E-state index contributed by atoms with van der Waals surface area (Å²) in [7, 11) is 0. The highest BCUT2D eigenvalue weighted by Crippen LogP contribution is 2.38. The summed E-state index contributed by atoms with van der Waals surface area (Å²) in [6.07, 6.45) is 0. The Kier molecular flexibility index (Phi) is 4.08. The summed E-state index contributed by atoms with van der Waals surface area (Å²) >= 11 is 0. The fraction of sp³-hybridized carbons (Fsp3) is 0.308. The van der Waals surface area contributed by atoms with Gasteiger partial charge in [-0.25, -0.2) is 4.99 Å². The number of hydrogen-bond donors (Lipinski definition) is 0. The van der Waals surface area contributed by atoms with Crippen molar-refractivity contribution in [3.63, 3.8) is 0 Å². The van der Waals surface area contributed by atoms with Crippen molar-refractivity contribution < 1.29 is 4.79 Å². The average Bonchev–Trinajstić information content (AvgIpc) is 2.88. The lowest BCUT2D eigenvalue weighted by atomic mass is 9.81. The van der Waals surface area contributed by atoms with Crippen LogP contribution in [0.15, 0.2) is 59.6 Å². The molecule has 142 valence electrons. The Balaban J connectivity index is 1.97. The molecular weight excluding hydrogens is 342 g/mol. The first kappa shape index (κ1) is 18.6. The zero-order valence-corrected chi connectivity index (χ0v) is 17.6. The van der Waals surface area contributed by atoms with Crippen LogP contribution in [0.3, 0.4) is 0 Å². The van der Waals surface area contributed by atoms with Gasteiger partial charge in [0.25, 0.3) is 0 Å². The summed E-state index contributed by atoms with van der Waals surface area (Å²) in [6.45, 7) is 13.2. The van der Waals surface area contributed by atoms with Crippen molar-refractivity contribution in [1.29, 1.82) is 0 Å². The minimum absolute atomic E-state index is 0.0211. The van der Waals surface area contributed by atoms with Crippen molar-refractivity contribution in [2.45, 2.75) is 52.4 Å². The lowest BCUT2D eigenvalue weighted by molar-refractivity contribution is 0.107. The molecule has 0 fully saturated rings. The second kappa shape index (κ2) is 6.13. The van der Waals surface area contributed by atoms with Crippen molar-refractivity contribution in [1.82, 2.24) is 0 Å². The number of Topliss-reactive ketones (excluding diaryl/α,β-unsaturated/α-hetero) is 1. The molecular formula is C26H27NO. The molecule has 2 heteroatoms. The molecule has 0 bridgehead atoms. The molecule has 0 N–H and O–H groups in total. The van der Waals surface area contributed by atoms with E-state index >= 15 is 0 Å². The number of benzene rings is 3. The predicted molar refractivity (Wildman–Crippen MR) is 118 cm³/mol. The standard InChI is InChI=1S/C26H27NO/c1-25(2,3)17-13-14-20(26(4,5)6)21(15-17)27-23-18-11-7-9-16-10-8-12-19(22(16)18)24(23)28/h7-15H,1-6H3. The molecule has 4 rings (SSSR count). The van der Waals surface area contributed by atoms with Crippen LogP contribution >= 0.6 is 0 Å². The van der Waals surface area contributed by atoms with E-state index in [1.54, 1.807) is 0 Å². The first-order valence-corrected chi connectivity index (χ1v) is 9.88. The third kappa shape index (κ3) is 2.97. The van der Waals surface area contributed by atoms with Crippen molar-refractivity contribution >= 4 is 28.0 Å². The number of rotatable bonds is 1. The van der Waals surface area contributed by atoms with Crippen molar-refractivity contribution in [2.75, 3.05) is 0 Å². The Labute approximate surface area is 167 Å². The van der Waals surface area contributed by atoms with E-state index < -0.39 is 0 Å². The van der Waals surface area contributed by atoms with Crippen molar-refractivity contribution in [3.05, 3.63) is 76.9 Å². The molecule has 28 heavy (non-hydrogen) atoms. The minimum atomic E-state index is -0.0592. The van der Waals surface area contributed by atoms with Crippen molar-refractivity contribution in [3.8, 4) is 0 Å². The maximum Gasteiger partial charge on any atom is 0.212 e. The van der Waals surface area contributed by atoms with Crippen LogP contribution in [0.1, 0.15) is 68.6 Å². The zero-order valence-electron chi connectivity index (χ0n) is 17.6. The molecule has 0 atom stereocenters. The molecule has 1 aliphatic rings. The Bertz CT molecular complexity index is 1130. The van der Waals surface area contributed by atoms with Gasteiger partial charge in [-0.1, -0.05) is 90.1 Å². The number of nitrogens with zero attached hydrogens (tertiary/aromatic N) is 1. The molecule has 0 amide bonds. The van der Waals surface area contributed by atoms with Crippen LogP contribution in [0, 0.1) is 0 Å². The molecule has 1 aliphatic carbocycles. The molecule has 0 saturated heterocycles. The van der Waals surface area contributed by atoms with E-state index in [2.05, 4.69) is 71.9 Å². The highest BCUT2D eigenvalue weighted by atomic mass is 16.1. The Hall–Kier alpha value is -2.74. The van der Waals surface area contributed by atoms with Gasteiger partial charge in [0.05, 0.1) is 5.69 Å². The first-order valence-electron chi connectivity index (χ1n) is 9.88. The second-order valence-corrected chi connectivity index (χ2v) is 9.73. The Morgan fingerprint density at radius 3 is 2.00 bits per heavy atom. The molecule has 0 unspecified atom stereocenters. The summed E-state index contributed by atoms with van der Waals surface area (Å²) in [5.41, 5.74) is 5.50. The highest BCUT2D eigenvalue weighted by molar-refractivity contribution is 6.59. The summed E-state index contributed by atoms with van der Waals surface area (Å²) in [4.78, 5) is 18.2. The van der Waals surface area contributed by atoms with Crippen LogP contribution in [-0.4, -0.2) is 11.5 Å². The summed E-state index contributed by atoms with van der Waals surface area (Å²) in [5, 5.41) is 2.12. The van der Waals surface area contributed by atoms with Gasteiger partial charge in [-0.3, -0.25) is 4.79 Å². The maximum absolute atomic E-state index is 13.2. The van der Waals surface area contributed by atoms with Crippen LogP contribution in [0.5, 0.6) is 0 Å². The van der Waals surface area contributed by atoms with E-state index in [4.69, 9.17) is 4.99 Å². The third-order valence-electron chi connectivity index (χ3n) is 5.52. The fourth-order valence-electron chi connectivity index (χ4n) is 3.93. The molecule has 3 aromatic carbocycles. The lowest BCUT2D eigenvalue weighted by Gasteiger charge is -2.25. The average molecular weight is 370 g/mol. The van der Waals surface area contributed by atoms with E-state index in [0.29, 0.717) is 5.71 Å². The maximum atomic E-state index is 13.2. The number of carbonyl (C=O) groups is 1. The molecule has 0 heterocycles. The minimum Gasteiger partial charge on any atom is -0.287 e. The first-order chi connectivity index (χ1) is 13.1. The third-order valence-corrected chi connectivity index (χ3v) is 5.52. The van der Waals surface area contributed by atoms with E-state index in [1.807, 2.05) is 24.3 Å². The zero-order chi connectivity index (χ0) is 20.3. The smallest absolute Gasteiger partial charge is 0.212 e. The summed E-state index contributed by atoms with van der Waals surface area (Å²) in [6, 6.07) is 18.5. The molecule has 2 nitrogen and oxygen atoms in total. The van der Waals surface area contributed by atoms with Crippen LogP contribution in [0.2, 0.25) is 0 Å². The van der Waals surface area contributed by atoms with Crippen LogP contribution in [0.25, 0.3) is 10.8 Å². The van der Waals surface area contributed by atoms with Gasteiger partial charge in [0.15, 0.2) is 0 Å². The quantitative estimate of drug-likeness (QED) is 0.466. The SMILES string of the molecule is CC(C)(C)c1ccc(C(C)(C)C)c(N=C2C(=O)c3cccc4cccc2c34)c1. The van der Waals surface area contributed by atoms with E-state index in [-0.39, 0.29) is 16.6 Å². The van der Waals surface area contributed by atoms with Gasteiger partial charge >= 0.3 is 0 Å². The molecule has 0 spiro atoms. The number of aliphatic imine (C=N–C) groups is 1. The van der Waals surface area contributed by atoms with E-state index in [0.717, 1.165) is 33.2 Å². The normalized spacial score (nSPS) is 15.6. The largest absolute Gasteiger partial charge is 0.287 e. The number of ketones is 1. The van der Waals surface area contributed by atoms with Gasteiger partial charge in [-0.15, -0.1) is 0 Å². The van der Waals surface area contributed by atoms with Crippen LogP contribution < -0.4 is 0 Å². The monoisotopic (exact) mass is 369 g/mol. The molecule has 0 aliphatic heterocycles. The molecule has 0 saturated carbocycles. The molecule has 3 aromatic rings. The van der Waals surface area contributed by atoms with E-state index in [1.165, 1.54) is 5.56 Å². The van der Waals surface area contributed by atoms with Crippen LogP contribution in [0.4, 0.5) is 5.69 Å². The van der Waals surface area contributed by atoms with Gasteiger partial charge in [-0.05, 0) is 33.4 Å². The second-order valence-electron chi connectivity index (χ2n) is 9.73. The topological polar surface area (TPSA) is 29.4 Å². The Morgan fingerprint density at radius 1 is 0.750 bits per heavy atom. The molecule has 0 aromatic heterocycles. The fourth-order valence-corrected chi connectivity index (χ4v) is 3.93. The highest BCUT2D eigenvalue weighted by Gasteiger charge is 2.30. The van der Waals surface area contributed by atoms with E-state index in [9.17, 15) is 4.79 Å². The number of hydrogen-bond acceptors (Lipinski definition) is 2. The van der Waals surface area contributed by atoms with Gasteiger partial charge in [-0.2, -0.15) is 0 Å². The van der Waals surface area contributed by atoms with Crippen molar-refractivity contribution in [2.24, 2.45) is 4.99 Å². The van der Waals surface area contributed by atoms with Gasteiger partial charge in [0.1, 0.15) is 5.71 Å². The summed E-state index contributed by atoms with van der Waals surface area (Å²) < 4.78 is 0. The summed E-state index contributed by atoms with van der Waals surface area (Å²) in [5.74, 6) is 0.0211. The lowest BCUT2D eigenvalue weighted by Crippen LogP contribution is -2.16. The van der Waals surface area contributed by atoms with Crippen LogP contribution in [-0.2, 0) is 10.8 Å². The molecule has 0 radical (unpaired) electrons. The number of carbonyl (C=O) groups excluding carboxylic acids is 1. The predicted octanol–water partition coefficient (Wildman–Crippen LogP) is 6.75. The Morgan fingerprint density at radius 2 is 1.39 bits per heavy atom. The van der Waals surface area contributed by atoms with Gasteiger partial charge in [0.2, 0.25) is 5.78 Å². The van der Waals surface area contributed by atoms with Gasteiger partial charge in [0, 0.05) is 16.5 Å². The van der Waals surface area contributed by atoms with Gasteiger partial charge < -0.3 is 0 Å².